The van der Waals surface area contributed by atoms with Crippen molar-refractivity contribution in [1.29, 1.82) is 5.41 Å². The number of aliphatic imine (C=N–C) groups is 1. The van der Waals surface area contributed by atoms with Gasteiger partial charge in [0, 0.05) is 36.8 Å². The van der Waals surface area contributed by atoms with Crippen molar-refractivity contribution >= 4 is 12.4 Å². The summed E-state index contributed by atoms with van der Waals surface area (Å²) < 4.78 is 0. The van der Waals surface area contributed by atoms with Crippen LogP contribution in [0.1, 0.15) is 53.9 Å². The van der Waals surface area contributed by atoms with E-state index in [4.69, 9.17) is 5.41 Å². The molecule has 4 nitrogen and oxygen atoms in total. The first-order chi connectivity index (χ1) is 13.0. The molecule has 0 saturated carbocycles. The third-order valence-corrected chi connectivity index (χ3v) is 4.59. The normalized spacial score (nSPS) is 16.7. The van der Waals surface area contributed by atoms with Gasteiger partial charge in [-0.05, 0) is 64.3 Å². The van der Waals surface area contributed by atoms with Crippen LogP contribution < -0.4 is 10.6 Å². The third kappa shape index (κ3) is 6.47. The highest BCUT2D eigenvalue weighted by atomic mass is 14.9. The van der Waals surface area contributed by atoms with Crippen LogP contribution in [0, 0.1) is 5.41 Å². The zero-order valence-corrected chi connectivity index (χ0v) is 17.9. The van der Waals surface area contributed by atoms with Gasteiger partial charge in [-0.3, -0.25) is 4.99 Å². The van der Waals surface area contributed by atoms with Gasteiger partial charge in [0.25, 0.3) is 0 Å². The zero-order chi connectivity index (χ0) is 20.2. The highest BCUT2D eigenvalue weighted by Gasteiger charge is 2.20. The topological polar surface area (TPSA) is 60.3 Å². The summed E-state index contributed by atoms with van der Waals surface area (Å²) in [7, 11) is 1.93. The van der Waals surface area contributed by atoms with Crippen LogP contribution in [0.4, 0.5) is 0 Å². The first-order valence-corrected chi connectivity index (χ1v) is 9.92. The number of nitrogens with one attached hydrogen (secondary N) is 3. The van der Waals surface area contributed by atoms with Crippen molar-refractivity contribution in [3.05, 3.63) is 57.5 Å². The molecule has 0 aromatic rings. The van der Waals surface area contributed by atoms with Crippen LogP contribution in [-0.2, 0) is 0 Å². The zero-order valence-electron chi connectivity index (χ0n) is 17.9. The number of hydrogen-bond acceptors (Lipinski definition) is 4. The Morgan fingerprint density at radius 3 is 2.63 bits per heavy atom. The first-order valence-electron chi connectivity index (χ1n) is 9.92. The largest absolute Gasteiger partial charge is 0.384 e. The predicted octanol–water partition coefficient (Wildman–Crippen LogP) is 5.09. The van der Waals surface area contributed by atoms with Gasteiger partial charge in [-0.2, -0.15) is 0 Å². The summed E-state index contributed by atoms with van der Waals surface area (Å²) in [5.74, 6) is 0. The van der Waals surface area contributed by atoms with Gasteiger partial charge in [-0.15, -0.1) is 0 Å². The average molecular weight is 369 g/mol. The summed E-state index contributed by atoms with van der Waals surface area (Å²) in [6.07, 6.45) is 12.5. The molecule has 27 heavy (non-hydrogen) atoms. The third-order valence-electron chi connectivity index (χ3n) is 4.59. The van der Waals surface area contributed by atoms with E-state index in [0.717, 1.165) is 48.3 Å². The second-order valence-electron chi connectivity index (χ2n) is 6.80. The molecular formula is C23H36N4. The lowest BCUT2D eigenvalue weighted by molar-refractivity contribution is 0.769. The van der Waals surface area contributed by atoms with Gasteiger partial charge < -0.3 is 16.0 Å². The van der Waals surface area contributed by atoms with Crippen LogP contribution in [0.15, 0.2) is 62.5 Å². The van der Waals surface area contributed by atoms with Gasteiger partial charge in [-0.25, -0.2) is 0 Å². The van der Waals surface area contributed by atoms with E-state index in [0.29, 0.717) is 6.54 Å². The monoisotopic (exact) mass is 368 g/mol. The smallest absolute Gasteiger partial charge is 0.0506 e. The van der Waals surface area contributed by atoms with Gasteiger partial charge in [0.2, 0.25) is 0 Å². The lowest BCUT2D eigenvalue weighted by Crippen LogP contribution is -2.22. The molecule has 0 bridgehead atoms. The van der Waals surface area contributed by atoms with Crippen LogP contribution in [0.25, 0.3) is 0 Å². The highest BCUT2D eigenvalue weighted by Crippen LogP contribution is 2.33. The van der Waals surface area contributed by atoms with Crippen LogP contribution in [0.5, 0.6) is 0 Å². The van der Waals surface area contributed by atoms with Crippen molar-refractivity contribution in [1.82, 2.24) is 10.6 Å². The molecule has 1 rings (SSSR count). The van der Waals surface area contributed by atoms with E-state index in [-0.39, 0.29) is 0 Å². The molecule has 0 aliphatic heterocycles. The molecule has 0 aromatic carbocycles. The molecule has 0 aromatic heterocycles. The number of rotatable bonds is 11. The van der Waals surface area contributed by atoms with Crippen molar-refractivity contribution in [3.63, 3.8) is 0 Å². The summed E-state index contributed by atoms with van der Waals surface area (Å²) in [4.78, 5) is 4.58. The van der Waals surface area contributed by atoms with E-state index < -0.39 is 0 Å². The van der Waals surface area contributed by atoms with Crippen molar-refractivity contribution in [2.24, 2.45) is 4.99 Å². The van der Waals surface area contributed by atoms with Gasteiger partial charge >= 0.3 is 0 Å². The number of allylic oxidation sites excluding steroid dienone is 6. The summed E-state index contributed by atoms with van der Waals surface area (Å²) in [5, 5.41) is 15.0. The molecule has 0 fully saturated rings. The molecule has 0 radical (unpaired) electrons. The van der Waals surface area contributed by atoms with Crippen LogP contribution in [0.2, 0.25) is 0 Å². The Labute approximate surface area is 165 Å². The summed E-state index contributed by atoms with van der Waals surface area (Å²) in [6, 6.07) is 0. The molecule has 148 valence electrons. The van der Waals surface area contributed by atoms with Crippen molar-refractivity contribution in [2.45, 2.75) is 53.9 Å². The maximum atomic E-state index is 8.18. The van der Waals surface area contributed by atoms with E-state index >= 15 is 0 Å². The first kappa shape index (κ1) is 22.8. The van der Waals surface area contributed by atoms with Gasteiger partial charge in [-0.1, -0.05) is 37.1 Å². The van der Waals surface area contributed by atoms with Crippen LogP contribution >= 0.6 is 0 Å². The maximum absolute atomic E-state index is 8.18. The summed E-state index contributed by atoms with van der Waals surface area (Å²) >= 11 is 0. The molecule has 3 N–H and O–H groups in total. The fourth-order valence-electron chi connectivity index (χ4n) is 3.21. The Bertz CT molecular complexity index is 700. The van der Waals surface area contributed by atoms with Gasteiger partial charge in [0.05, 0.1) is 5.70 Å². The van der Waals surface area contributed by atoms with Crippen LogP contribution in [-0.4, -0.2) is 32.6 Å². The Kier molecular flexibility index (Phi) is 10.3. The van der Waals surface area contributed by atoms with E-state index in [1.54, 1.807) is 0 Å². The fraction of sp³-hybridized carbons (Fsp3) is 0.478. The second-order valence-corrected chi connectivity index (χ2v) is 6.80. The van der Waals surface area contributed by atoms with E-state index in [9.17, 15) is 0 Å². The molecule has 4 heteroatoms. The maximum Gasteiger partial charge on any atom is 0.0506 e. The van der Waals surface area contributed by atoms with E-state index in [2.05, 4.69) is 42.5 Å². The molecule has 1 aliphatic carbocycles. The minimum atomic E-state index is 0.665. The van der Waals surface area contributed by atoms with E-state index in [1.807, 2.05) is 39.3 Å². The van der Waals surface area contributed by atoms with Crippen molar-refractivity contribution in [2.75, 3.05) is 20.1 Å². The highest BCUT2D eigenvalue weighted by molar-refractivity contribution is 5.86. The van der Waals surface area contributed by atoms with Gasteiger partial charge in [0.1, 0.15) is 0 Å². The standard InChI is InChI=1S/C23H36N4/c1-7-10-12-26-18(5)22(16-25-6)21(15-24)23(27-11-8-2)20-14-17(4)13-19(20)9-3/h7,10,12,14-15,24-25,27H,8-9,11,13,16H2,1-6H3/b10-7-,22-18-,23-21+,24-15?,26-12-. The number of likely N-dealkylation sites (N-methyl/N-ethyl adjacent to an activating group) is 1. The number of nitrogens with zero attached hydrogens (tertiary/aromatic N) is 1. The SMILES string of the molecule is C\C=C/C=N\C(C)=C(CNC)/C(C=N)=C(/NCCC)C1=C(CC)CC(C)=C1. The van der Waals surface area contributed by atoms with Crippen molar-refractivity contribution < 1.29 is 0 Å². The molecule has 0 amide bonds. The Morgan fingerprint density at radius 2 is 2.07 bits per heavy atom. The minimum absolute atomic E-state index is 0.665. The lowest BCUT2D eigenvalue weighted by atomic mass is 9.96. The average Bonchev–Trinajstić information content (AvgIpc) is 3.04. The Hall–Kier alpha value is -2.20. The summed E-state index contributed by atoms with van der Waals surface area (Å²) in [5.41, 5.74) is 8.02. The quantitative estimate of drug-likeness (QED) is 0.351. The van der Waals surface area contributed by atoms with Crippen LogP contribution in [0.3, 0.4) is 0 Å². The van der Waals surface area contributed by atoms with E-state index in [1.165, 1.54) is 22.9 Å². The minimum Gasteiger partial charge on any atom is -0.384 e. The molecule has 0 heterocycles. The molecule has 1 aliphatic rings. The fourth-order valence-corrected chi connectivity index (χ4v) is 3.21. The molecule has 0 atom stereocenters. The van der Waals surface area contributed by atoms with Gasteiger partial charge in [0.15, 0.2) is 0 Å². The second kappa shape index (κ2) is 12.2. The number of hydrogen-bond donors (Lipinski definition) is 3. The molecular weight excluding hydrogens is 332 g/mol. The molecule has 0 saturated heterocycles. The van der Waals surface area contributed by atoms with Crippen molar-refractivity contribution in [3.8, 4) is 0 Å². The molecule has 0 spiro atoms. The summed E-state index contributed by atoms with van der Waals surface area (Å²) in [6.45, 7) is 12.1. The Balaban J connectivity index is 3.64. The Morgan fingerprint density at radius 1 is 1.33 bits per heavy atom. The molecule has 0 unspecified atom stereocenters. The predicted molar refractivity (Wildman–Crippen MR) is 120 cm³/mol. The lowest BCUT2D eigenvalue weighted by Gasteiger charge is -2.20.